The SMILES string of the molecule is CCCCc1cc2c3c4[n+](ccc3c1)CC(Cn1nc(C(C)(C)C)cc1-c1cccc[n+]1C)C(CC)(CC)c1ccc(F)c(c1-4)C2(C)C. The van der Waals surface area contributed by atoms with Crippen LogP contribution in [0.15, 0.2) is 67.0 Å². The van der Waals surface area contributed by atoms with E-state index in [2.05, 4.69) is 137 Å². The van der Waals surface area contributed by atoms with Gasteiger partial charge >= 0.3 is 0 Å². The molecule has 48 heavy (non-hydrogen) atoms. The maximum absolute atomic E-state index is 16.5. The topological polar surface area (TPSA) is 25.6 Å². The molecule has 0 bridgehead atoms. The first kappa shape index (κ1) is 32.7. The van der Waals surface area contributed by atoms with E-state index in [1.165, 1.54) is 33.2 Å². The number of aromatic nitrogens is 4. The smallest absolute Gasteiger partial charge is 0.230 e. The third kappa shape index (κ3) is 4.86. The summed E-state index contributed by atoms with van der Waals surface area (Å²) in [6.07, 6.45) is 9.71. The summed E-state index contributed by atoms with van der Waals surface area (Å²) in [5.74, 6) is 0.134. The lowest BCUT2D eigenvalue weighted by Gasteiger charge is -2.40. The molecule has 0 radical (unpaired) electrons. The van der Waals surface area contributed by atoms with E-state index in [1.807, 2.05) is 0 Å². The van der Waals surface area contributed by atoms with Crippen LogP contribution in [-0.2, 0) is 42.8 Å². The average molecular weight is 645 g/mol. The second-order valence-electron chi connectivity index (χ2n) is 16.1. The minimum Gasteiger partial charge on any atom is -0.258 e. The summed E-state index contributed by atoms with van der Waals surface area (Å²) >= 11 is 0. The molecule has 1 unspecified atom stereocenters. The Kier molecular flexibility index (Phi) is 7.92. The molecule has 0 amide bonds. The van der Waals surface area contributed by atoms with Crippen molar-refractivity contribution >= 4 is 10.8 Å². The molecule has 250 valence electrons. The molecule has 0 saturated carbocycles. The zero-order valence-electron chi connectivity index (χ0n) is 30.5. The number of benzene rings is 2. The van der Waals surface area contributed by atoms with Crippen LogP contribution in [0.2, 0.25) is 0 Å². The zero-order chi connectivity index (χ0) is 34.2. The number of rotatable bonds is 8. The molecule has 4 heterocycles. The highest BCUT2D eigenvalue weighted by Crippen LogP contribution is 2.55. The summed E-state index contributed by atoms with van der Waals surface area (Å²) in [7, 11) is 2.11. The van der Waals surface area contributed by atoms with E-state index in [9.17, 15) is 0 Å². The highest BCUT2D eigenvalue weighted by atomic mass is 19.1. The molecule has 5 heteroatoms. The Balaban J connectivity index is 1.50. The maximum Gasteiger partial charge on any atom is 0.230 e. The first-order valence-electron chi connectivity index (χ1n) is 18.2. The Bertz CT molecular complexity index is 2040. The molecule has 0 fully saturated rings. The number of hydrogen-bond donors (Lipinski definition) is 0. The van der Waals surface area contributed by atoms with Gasteiger partial charge in [-0.05, 0) is 66.0 Å². The zero-order valence-corrected chi connectivity index (χ0v) is 30.5. The fourth-order valence-corrected chi connectivity index (χ4v) is 9.13. The van der Waals surface area contributed by atoms with Gasteiger partial charge in [0, 0.05) is 45.9 Å². The summed E-state index contributed by atoms with van der Waals surface area (Å²) in [6, 6.07) is 19.7. The minimum absolute atomic E-state index is 0.0839. The van der Waals surface area contributed by atoms with Crippen LogP contribution in [0.25, 0.3) is 33.4 Å². The van der Waals surface area contributed by atoms with Crippen LogP contribution in [0.1, 0.15) is 109 Å². The normalized spacial score (nSPS) is 17.5. The lowest BCUT2D eigenvalue weighted by Crippen LogP contribution is -2.46. The lowest BCUT2D eigenvalue weighted by molar-refractivity contribution is -0.692. The molecule has 2 aliphatic rings. The summed E-state index contributed by atoms with van der Waals surface area (Å²) in [6.45, 7) is 19.8. The van der Waals surface area contributed by atoms with Crippen molar-refractivity contribution in [3.05, 3.63) is 101 Å². The van der Waals surface area contributed by atoms with E-state index in [1.54, 1.807) is 6.07 Å². The second-order valence-corrected chi connectivity index (χ2v) is 16.1. The van der Waals surface area contributed by atoms with E-state index in [0.717, 1.165) is 73.4 Å². The molecule has 1 aliphatic heterocycles. The average Bonchev–Trinajstić information content (AvgIpc) is 3.43. The monoisotopic (exact) mass is 644 g/mol. The third-order valence-electron chi connectivity index (χ3n) is 12.0. The third-order valence-corrected chi connectivity index (χ3v) is 12.0. The van der Waals surface area contributed by atoms with Crippen molar-refractivity contribution in [1.29, 1.82) is 0 Å². The van der Waals surface area contributed by atoms with Gasteiger partial charge in [0.15, 0.2) is 18.9 Å². The van der Waals surface area contributed by atoms with Crippen LogP contribution in [-0.4, -0.2) is 9.78 Å². The van der Waals surface area contributed by atoms with Crippen molar-refractivity contribution in [3.8, 4) is 22.6 Å². The van der Waals surface area contributed by atoms with Crippen molar-refractivity contribution in [2.75, 3.05) is 0 Å². The largest absolute Gasteiger partial charge is 0.258 e. The van der Waals surface area contributed by atoms with Crippen molar-refractivity contribution in [3.63, 3.8) is 0 Å². The van der Waals surface area contributed by atoms with E-state index < -0.39 is 5.41 Å². The molecule has 2 aromatic carbocycles. The quantitative estimate of drug-likeness (QED) is 0.155. The minimum atomic E-state index is -0.464. The fraction of sp³-hybridized carbons (Fsp3) is 0.465. The molecule has 4 nitrogen and oxygen atoms in total. The standard InChI is InChI=1S/C43H53FN4/c1-10-13-16-28-23-29-20-22-47-26-30(27-48-35(25-36(45-48)41(4,5)6)34-17-14-15-21-46(34)9)43(11-2,12-3)31-18-19-33(44)39-38(31)40(47)37(29)32(24-28)42(39,7)8/h14-15,17-25,30H,10-13,16,26-27H2,1-9H3/q+2. The highest BCUT2D eigenvalue weighted by molar-refractivity contribution is 6.01. The van der Waals surface area contributed by atoms with Crippen LogP contribution in [0.3, 0.4) is 0 Å². The number of hydrogen-bond acceptors (Lipinski definition) is 1. The van der Waals surface area contributed by atoms with Gasteiger partial charge in [0.1, 0.15) is 18.6 Å². The number of unbranched alkanes of at least 4 members (excludes halogenated alkanes) is 1. The summed E-state index contributed by atoms with van der Waals surface area (Å²) < 4.78 is 23.4. The number of pyridine rings is 2. The van der Waals surface area contributed by atoms with Crippen molar-refractivity contribution < 1.29 is 13.5 Å². The Morgan fingerprint density at radius 3 is 2.42 bits per heavy atom. The van der Waals surface area contributed by atoms with Gasteiger partial charge in [-0.1, -0.05) is 80.0 Å². The van der Waals surface area contributed by atoms with Gasteiger partial charge in [0.05, 0.1) is 23.2 Å². The number of halogens is 1. The maximum atomic E-state index is 16.5. The van der Waals surface area contributed by atoms with Gasteiger partial charge in [-0.15, -0.1) is 0 Å². The van der Waals surface area contributed by atoms with Gasteiger partial charge in [-0.25, -0.2) is 4.39 Å². The van der Waals surface area contributed by atoms with E-state index >= 15 is 4.39 Å². The van der Waals surface area contributed by atoms with Crippen LogP contribution in [0.5, 0.6) is 0 Å². The first-order valence-corrected chi connectivity index (χ1v) is 18.2. The van der Waals surface area contributed by atoms with Crippen LogP contribution in [0, 0.1) is 11.7 Å². The second kappa shape index (κ2) is 11.6. The Morgan fingerprint density at radius 1 is 0.958 bits per heavy atom. The number of nitrogens with zero attached hydrogens (tertiary/aromatic N) is 4. The molecule has 0 N–H and O–H groups in total. The van der Waals surface area contributed by atoms with Gasteiger partial charge < -0.3 is 0 Å². The Morgan fingerprint density at radius 2 is 1.73 bits per heavy atom. The Labute approximate surface area is 286 Å². The van der Waals surface area contributed by atoms with Crippen LogP contribution < -0.4 is 9.13 Å². The van der Waals surface area contributed by atoms with Crippen molar-refractivity contribution in [2.24, 2.45) is 13.0 Å². The van der Waals surface area contributed by atoms with Crippen LogP contribution in [0.4, 0.5) is 4.39 Å². The molecular weight excluding hydrogens is 591 g/mol. The fourth-order valence-electron chi connectivity index (χ4n) is 9.13. The molecule has 3 aromatic heterocycles. The molecule has 1 aliphatic carbocycles. The van der Waals surface area contributed by atoms with Crippen molar-refractivity contribution in [2.45, 2.75) is 117 Å². The lowest BCUT2D eigenvalue weighted by atomic mass is 9.61. The summed E-state index contributed by atoms with van der Waals surface area (Å²) in [5, 5.41) is 7.93. The summed E-state index contributed by atoms with van der Waals surface area (Å²) in [4.78, 5) is 0. The molecule has 5 aromatic rings. The molecular formula is C43H53FN4+2. The predicted molar refractivity (Wildman–Crippen MR) is 194 cm³/mol. The van der Waals surface area contributed by atoms with Gasteiger partial charge in [0.2, 0.25) is 11.4 Å². The van der Waals surface area contributed by atoms with E-state index in [4.69, 9.17) is 5.10 Å². The molecule has 1 atom stereocenters. The molecule has 0 spiro atoms. The van der Waals surface area contributed by atoms with Crippen molar-refractivity contribution in [1.82, 2.24) is 9.78 Å². The predicted octanol–water partition coefficient (Wildman–Crippen LogP) is 9.29. The highest BCUT2D eigenvalue weighted by Gasteiger charge is 2.51. The molecule has 0 saturated heterocycles. The van der Waals surface area contributed by atoms with E-state index in [-0.39, 0.29) is 22.6 Å². The van der Waals surface area contributed by atoms with Crippen LogP contribution >= 0.6 is 0 Å². The van der Waals surface area contributed by atoms with Gasteiger partial charge in [-0.2, -0.15) is 14.2 Å². The van der Waals surface area contributed by atoms with E-state index in [0.29, 0.717) is 0 Å². The number of aryl methyl sites for hydroxylation is 2. The van der Waals surface area contributed by atoms with Gasteiger partial charge in [-0.3, -0.25) is 4.68 Å². The van der Waals surface area contributed by atoms with Gasteiger partial charge in [0.25, 0.3) is 0 Å². The molecule has 7 rings (SSSR count). The Hall–Kier alpha value is -3.86. The summed E-state index contributed by atoms with van der Waals surface area (Å²) in [5.41, 5.74) is 9.79. The first-order chi connectivity index (χ1) is 22.8.